The van der Waals surface area contributed by atoms with Crippen molar-refractivity contribution in [1.82, 2.24) is 19.7 Å². The molecule has 0 amide bonds. The highest BCUT2D eigenvalue weighted by Crippen LogP contribution is 2.31. The maximum atomic E-state index is 13.8. The summed E-state index contributed by atoms with van der Waals surface area (Å²) in [7, 11) is 0. The van der Waals surface area contributed by atoms with Gasteiger partial charge >= 0.3 is 0 Å². The van der Waals surface area contributed by atoms with E-state index in [1.165, 1.54) is 12.1 Å². The number of halogens is 2. The molecule has 5 nitrogen and oxygen atoms in total. The molecule has 0 bridgehead atoms. The Kier molecular flexibility index (Phi) is 4.88. The van der Waals surface area contributed by atoms with Crippen molar-refractivity contribution < 1.29 is 13.5 Å². The van der Waals surface area contributed by atoms with E-state index in [2.05, 4.69) is 14.7 Å². The summed E-state index contributed by atoms with van der Waals surface area (Å²) in [6.07, 6.45) is 7.71. The minimum Gasteiger partial charge on any atom is -0.489 e. The molecular formula is C23H20F2N4O. The third kappa shape index (κ3) is 3.41. The predicted octanol–water partition coefficient (Wildman–Crippen LogP) is 4.68. The van der Waals surface area contributed by atoms with Crippen LogP contribution in [-0.4, -0.2) is 20.9 Å². The minimum atomic E-state index is -0.876. The third-order valence-corrected chi connectivity index (χ3v) is 5.40. The molecule has 1 N–H and O–H groups in total. The average molecular weight is 406 g/mol. The standard InChI is InChI=1S/C23H20F2N4O/c24-18-4-1-3-16(21(18)25)14-30-17-8-6-15(7-9-17)22-20-13-26-11-12-29(20)23(28-22)19-5-2-10-27-19/h1,3-4,6-9,11-13,19,27H,2,5,10,14H2. The zero-order valence-electron chi connectivity index (χ0n) is 16.2. The number of aromatic nitrogens is 3. The van der Waals surface area contributed by atoms with Gasteiger partial charge in [0.1, 0.15) is 18.2 Å². The summed E-state index contributed by atoms with van der Waals surface area (Å²) in [6.45, 7) is 0.954. The Morgan fingerprint density at radius 1 is 1.13 bits per heavy atom. The van der Waals surface area contributed by atoms with Crippen molar-refractivity contribution in [3.63, 3.8) is 0 Å². The lowest BCUT2D eigenvalue weighted by molar-refractivity contribution is 0.297. The molecule has 152 valence electrons. The van der Waals surface area contributed by atoms with Crippen molar-refractivity contribution in [3.05, 3.63) is 84.1 Å². The Balaban J connectivity index is 1.40. The van der Waals surface area contributed by atoms with Crippen LogP contribution in [0.5, 0.6) is 5.75 Å². The quantitative estimate of drug-likeness (QED) is 0.523. The molecular weight excluding hydrogens is 386 g/mol. The number of nitrogens with zero attached hydrogens (tertiary/aromatic N) is 3. The highest BCUT2D eigenvalue weighted by molar-refractivity contribution is 5.77. The fourth-order valence-corrected chi connectivity index (χ4v) is 3.86. The SMILES string of the molecule is Fc1cccc(COc2ccc(-c3nc(C4CCCN4)n4ccncc34)cc2)c1F. The van der Waals surface area contributed by atoms with E-state index in [1.54, 1.807) is 6.20 Å². The summed E-state index contributed by atoms with van der Waals surface area (Å²) in [6, 6.07) is 11.7. The van der Waals surface area contributed by atoms with Crippen molar-refractivity contribution >= 4 is 5.52 Å². The van der Waals surface area contributed by atoms with Crippen LogP contribution < -0.4 is 10.1 Å². The second-order valence-corrected chi connectivity index (χ2v) is 7.33. The van der Waals surface area contributed by atoms with Gasteiger partial charge in [-0.15, -0.1) is 0 Å². The number of nitrogens with one attached hydrogen (secondary N) is 1. The third-order valence-electron chi connectivity index (χ3n) is 5.40. The van der Waals surface area contributed by atoms with Gasteiger partial charge in [0, 0.05) is 23.5 Å². The lowest BCUT2D eigenvalue weighted by atomic mass is 10.1. The van der Waals surface area contributed by atoms with Crippen LogP contribution in [0.15, 0.2) is 61.1 Å². The van der Waals surface area contributed by atoms with E-state index < -0.39 is 11.6 Å². The van der Waals surface area contributed by atoms with Crippen LogP contribution >= 0.6 is 0 Å². The fourth-order valence-electron chi connectivity index (χ4n) is 3.86. The number of ether oxygens (including phenoxy) is 1. The number of fused-ring (bicyclic) bond motifs is 1. The molecule has 1 atom stereocenters. The molecule has 30 heavy (non-hydrogen) atoms. The molecule has 5 rings (SSSR count). The van der Waals surface area contributed by atoms with E-state index in [9.17, 15) is 8.78 Å². The van der Waals surface area contributed by atoms with Crippen molar-refractivity contribution in [2.75, 3.05) is 6.54 Å². The summed E-state index contributed by atoms with van der Waals surface area (Å²) in [5, 5.41) is 3.50. The Morgan fingerprint density at radius 2 is 2.00 bits per heavy atom. The molecule has 1 aliphatic rings. The largest absolute Gasteiger partial charge is 0.489 e. The van der Waals surface area contributed by atoms with Crippen LogP contribution in [0, 0.1) is 11.6 Å². The monoisotopic (exact) mass is 406 g/mol. The first-order valence-corrected chi connectivity index (χ1v) is 9.92. The van der Waals surface area contributed by atoms with Gasteiger partial charge in [-0.2, -0.15) is 0 Å². The molecule has 1 saturated heterocycles. The zero-order chi connectivity index (χ0) is 20.5. The van der Waals surface area contributed by atoms with Gasteiger partial charge < -0.3 is 10.1 Å². The molecule has 3 heterocycles. The Bertz CT molecular complexity index is 1180. The molecule has 4 aromatic rings. The molecule has 1 fully saturated rings. The van der Waals surface area contributed by atoms with Gasteiger partial charge in [0.05, 0.1) is 23.4 Å². The van der Waals surface area contributed by atoms with Crippen molar-refractivity contribution in [2.24, 2.45) is 0 Å². The first kappa shape index (κ1) is 18.7. The predicted molar refractivity (Wildman–Crippen MR) is 109 cm³/mol. The molecule has 1 aliphatic heterocycles. The number of rotatable bonds is 5. The smallest absolute Gasteiger partial charge is 0.165 e. The van der Waals surface area contributed by atoms with Gasteiger partial charge in [-0.25, -0.2) is 13.8 Å². The summed E-state index contributed by atoms with van der Waals surface area (Å²) >= 11 is 0. The second-order valence-electron chi connectivity index (χ2n) is 7.33. The molecule has 2 aromatic carbocycles. The number of hydrogen-bond acceptors (Lipinski definition) is 4. The van der Waals surface area contributed by atoms with E-state index in [0.717, 1.165) is 48.1 Å². The normalized spacial score (nSPS) is 16.3. The van der Waals surface area contributed by atoms with E-state index in [1.807, 2.05) is 36.7 Å². The van der Waals surface area contributed by atoms with E-state index in [4.69, 9.17) is 9.72 Å². The minimum absolute atomic E-state index is 0.0439. The molecule has 0 radical (unpaired) electrons. The van der Waals surface area contributed by atoms with Gasteiger partial charge in [-0.3, -0.25) is 9.38 Å². The number of benzene rings is 2. The molecule has 0 aliphatic carbocycles. The first-order chi connectivity index (χ1) is 14.7. The van der Waals surface area contributed by atoms with Crippen LogP contribution in [0.4, 0.5) is 8.78 Å². The summed E-state index contributed by atoms with van der Waals surface area (Å²) in [4.78, 5) is 9.18. The summed E-state index contributed by atoms with van der Waals surface area (Å²) < 4.78 is 34.9. The fraction of sp³-hybridized carbons (Fsp3) is 0.217. The maximum absolute atomic E-state index is 13.8. The van der Waals surface area contributed by atoms with Crippen LogP contribution in [0.3, 0.4) is 0 Å². The van der Waals surface area contributed by atoms with Crippen LogP contribution in [-0.2, 0) is 6.61 Å². The molecule has 7 heteroatoms. The lowest BCUT2D eigenvalue weighted by Crippen LogP contribution is -2.15. The highest BCUT2D eigenvalue weighted by Gasteiger charge is 2.23. The van der Waals surface area contributed by atoms with Crippen LogP contribution in [0.25, 0.3) is 16.8 Å². The Labute approximate surface area is 172 Å². The van der Waals surface area contributed by atoms with Gasteiger partial charge in [0.15, 0.2) is 11.6 Å². The Hall–Kier alpha value is -3.32. The van der Waals surface area contributed by atoms with E-state index >= 15 is 0 Å². The second kappa shape index (κ2) is 7.84. The van der Waals surface area contributed by atoms with E-state index in [0.29, 0.717) is 5.75 Å². The highest BCUT2D eigenvalue weighted by atomic mass is 19.2. The van der Waals surface area contributed by atoms with Crippen molar-refractivity contribution in [1.29, 1.82) is 0 Å². The Morgan fingerprint density at radius 3 is 2.80 bits per heavy atom. The lowest BCUT2D eigenvalue weighted by Gasteiger charge is -2.08. The number of imidazole rings is 1. The zero-order valence-corrected chi connectivity index (χ0v) is 16.2. The van der Waals surface area contributed by atoms with Gasteiger partial charge in [0.25, 0.3) is 0 Å². The van der Waals surface area contributed by atoms with Gasteiger partial charge in [0.2, 0.25) is 0 Å². The molecule has 2 aromatic heterocycles. The van der Waals surface area contributed by atoms with Gasteiger partial charge in [-0.1, -0.05) is 12.1 Å². The molecule has 0 saturated carbocycles. The van der Waals surface area contributed by atoms with Crippen LogP contribution in [0.1, 0.15) is 30.3 Å². The average Bonchev–Trinajstić information content (AvgIpc) is 3.43. The van der Waals surface area contributed by atoms with Crippen molar-refractivity contribution in [2.45, 2.75) is 25.5 Å². The first-order valence-electron chi connectivity index (χ1n) is 9.92. The van der Waals surface area contributed by atoms with Crippen LogP contribution in [0.2, 0.25) is 0 Å². The summed E-state index contributed by atoms with van der Waals surface area (Å²) in [5.74, 6) is -0.193. The number of hydrogen-bond donors (Lipinski definition) is 1. The molecule has 0 spiro atoms. The molecule has 1 unspecified atom stereocenters. The topological polar surface area (TPSA) is 51.5 Å². The summed E-state index contributed by atoms with van der Waals surface area (Å²) in [5.41, 5.74) is 2.92. The van der Waals surface area contributed by atoms with Gasteiger partial charge in [-0.05, 0) is 49.7 Å². The van der Waals surface area contributed by atoms with Crippen molar-refractivity contribution in [3.8, 4) is 17.0 Å². The maximum Gasteiger partial charge on any atom is 0.165 e. The van der Waals surface area contributed by atoms with E-state index in [-0.39, 0.29) is 18.2 Å².